The lowest BCUT2D eigenvalue weighted by Gasteiger charge is -2.04. The second kappa shape index (κ2) is 8.68. The van der Waals surface area contributed by atoms with Crippen molar-refractivity contribution < 1.29 is 14.3 Å². The van der Waals surface area contributed by atoms with Gasteiger partial charge >= 0.3 is 5.97 Å². The van der Waals surface area contributed by atoms with Gasteiger partial charge in [-0.2, -0.15) is 9.61 Å². The van der Waals surface area contributed by atoms with Crippen molar-refractivity contribution in [1.29, 1.82) is 0 Å². The molecule has 3 aromatic rings. The fraction of sp³-hybridized carbons (Fsp3) is 0.333. The van der Waals surface area contributed by atoms with Gasteiger partial charge in [0, 0.05) is 19.1 Å². The second-order valence-corrected chi connectivity index (χ2v) is 6.59. The second-order valence-electron chi connectivity index (χ2n) is 5.55. The first kappa shape index (κ1) is 18.2. The quantitative estimate of drug-likeness (QED) is 0.444. The minimum atomic E-state index is -0.361. The van der Waals surface area contributed by atoms with Crippen molar-refractivity contribution in [2.45, 2.75) is 26.4 Å². The molecule has 0 aliphatic carbocycles. The highest BCUT2D eigenvalue weighted by molar-refractivity contribution is 7.16. The van der Waals surface area contributed by atoms with Gasteiger partial charge in [0.15, 0.2) is 0 Å². The Balaban J connectivity index is 1.64. The molecular weight excluding hydrogens is 354 g/mol. The molecule has 0 unspecified atom stereocenters. The Morgan fingerprint density at radius 3 is 2.85 bits per heavy atom. The molecule has 1 aromatic carbocycles. The first-order chi connectivity index (χ1) is 12.7. The van der Waals surface area contributed by atoms with E-state index >= 15 is 0 Å². The lowest BCUT2D eigenvalue weighted by molar-refractivity contribution is -0.144. The van der Waals surface area contributed by atoms with Crippen LogP contribution >= 0.6 is 11.3 Å². The molecule has 0 fully saturated rings. The van der Waals surface area contributed by atoms with E-state index in [1.54, 1.807) is 0 Å². The van der Waals surface area contributed by atoms with Gasteiger partial charge < -0.3 is 9.47 Å². The van der Waals surface area contributed by atoms with Crippen LogP contribution in [0.4, 0.5) is 0 Å². The molecule has 0 N–H and O–H groups in total. The molecule has 7 nitrogen and oxygen atoms in total. The Bertz CT molecular complexity index is 937. The lowest BCUT2D eigenvalue weighted by atomic mass is 10.2. The molecule has 0 atom stereocenters. The van der Waals surface area contributed by atoms with Gasteiger partial charge in [0.2, 0.25) is 4.96 Å². The third kappa shape index (κ3) is 4.74. The number of rotatable bonds is 8. The summed E-state index contributed by atoms with van der Waals surface area (Å²) in [6.45, 7) is 3.08. The highest BCUT2D eigenvalue weighted by Gasteiger charge is 2.11. The summed E-state index contributed by atoms with van der Waals surface area (Å²) in [5.41, 5.74) is 1.00. The van der Waals surface area contributed by atoms with E-state index in [1.807, 2.05) is 37.3 Å². The Labute approximate surface area is 154 Å². The molecule has 0 aliphatic rings. The average Bonchev–Trinajstić information content (AvgIpc) is 3.05. The van der Waals surface area contributed by atoms with Crippen LogP contribution in [0.15, 0.2) is 41.2 Å². The minimum Gasteiger partial charge on any atom is -0.459 e. The number of aromatic nitrogens is 3. The molecule has 0 spiro atoms. The largest absolute Gasteiger partial charge is 0.459 e. The Kier molecular flexibility index (Phi) is 6.08. The predicted octanol–water partition coefficient (Wildman–Crippen LogP) is 2.02. The number of benzene rings is 1. The molecule has 0 saturated heterocycles. The van der Waals surface area contributed by atoms with Gasteiger partial charge in [-0.25, -0.2) is 4.98 Å². The highest BCUT2D eigenvalue weighted by Crippen LogP contribution is 2.12. The van der Waals surface area contributed by atoms with Gasteiger partial charge in [0.25, 0.3) is 5.56 Å². The summed E-state index contributed by atoms with van der Waals surface area (Å²) in [4.78, 5) is 29.0. The summed E-state index contributed by atoms with van der Waals surface area (Å²) in [6.07, 6.45) is 0.812. The maximum atomic E-state index is 12.2. The van der Waals surface area contributed by atoms with E-state index in [0.29, 0.717) is 30.3 Å². The Morgan fingerprint density at radius 1 is 1.27 bits per heavy atom. The molecule has 0 aliphatic heterocycles. The number of nitrogens with zero attached hydrogens (tertiary/aromatic N) is 3. The van der Waals surface area contributed by atoms with Crippen LogP contribution in [-0.2, 0) is 33.7 Å². The van der Waals surface area contributed by atoms with E-state index in [0.717, 1.165) is 10.6 Å². The molecule has 0 bridgehead atoms. The lowest BCUT2D eigenvalue weighted by Crippen LogP contribution is -2.17. The van der Waals surface area contributed by atoms with Crippen molar-refractivity contribution in [2.75, 3.05) is 13.2 Å². The predicted molar refractivity (Wildman–Crippen MR) is 97.3 cm³/mol. The van der Waals surface area contributed by atoms with Crippen LogP contribution in [0.5, 0.6) is 0 Å². The standard InChI is InChI=1S/C18H19N3O4S/c1-2-24-9-8-15-20-21-16(22)11-14(19-18(21)26-15)12-25-17(23)10-13-6-4-3-5-7-13/h3-7,11H,2,8-10,12H2,1H3. The number of hydrogen-bond acceptors (Lipinski definition) is 7. The molecule has 0 saturated carbocycles. The van der Waals surface area contributed by atoms with E-state index in [2.05, 4.69) is 10.1 Å². The van der Waals surface area contributed by atoms with E-state index in [4.69, 9.17) is 9.47 Å². The summed E-state index contributed by atoms with van der Waals surface area (Å²) >= 11 is 1.33. The van der Waals surface area contributed by atoms with Crippen LogP contribution < -0.4 is 5.56 Å². The number of carbonyl (C=O) groups is 1. The number of ether oxygens (including phenoxy) is 2. The normalized spacial score (nSPS) is 11.0. The number of carbonyl (C=O) groups excluding carboxylic acids is 1. The van der Waals surface area contributed by atoms with Crippen LogP contribution in [0.25, 0.3) is 4.96 Å². The summed E-state index contributed by atoms with van der Waals surface area (Å²) in [7, 11) is 0. The maximum Gasteiger partial charge on any atom is 0.310 e. The van der Waals surface area contributed by atoms with E-state index in [-0.39, 0.29) is 24.6 Å². The number of fused-ring (bicyclic) bond motifs is 1. The van der Waals surface area contributed by atoms with Crippen LogP contribution in [0.2, 0.25) is 0 Å². The maximum absolute atomic E-state index is 12.2. The molecule has 8 heteroatoms. The van der Waals surface area contributed by atoms with Gasteiger partial charge in [0.1, 0.15) is 11.6 Å². The zero-order valence-corrected chi connectivity index (χ0v) is 15.2. The van der Waals surface area contributed by atoms with Crippen LogP contribution in [0.3, 0.4) is 0 Å². The third-order valence-electron chi connectivity index (χ3n) is 3.58. The summed E-state index contributed by atoms with van der Waals surface area (Å²) in [5.74, 6) is -0.361. The van der Waals surface area contributed by atoms with Gasteiger partial charge in [-0.15, -0.1) is 0 Å². The fourth-order valence-electron chi connectivity index (χ4n) is 2.34. The van der Waals surface area contributed by atoms with Gasteiger partial charge in [-0.3, -0.25) is 9.59 Å². The van der Waals surface area contributed by atoms with E-state index in [1.165, 1.54) is 21.9 Å². The number of esters is 1. The zero-order chi connectivity index (χ0) is 18.4. The average molecular weight is 373 g/mol. The van der Waals surface area contributed by atoms with Crippen LogP contribution in [-0.4, -0.2) is 33.8 Å². The fourth-order valence-corrected chi connectivity index (χ4v) is 3.24. The van der Waals surface area contributed by atoms with Crippen molar-refractivity contribution in [3.05, 3.63) is 63.0 Å². The van der Waals surface area contributed by atoms with Crippen LogP contribution in [0, 0.1) is 0 Å². The first-order valence-corrected chi connectivity index (χ1v) is 9.13. The van der Waals surface area contributed by atoms with Crippen molar-refractivity contribution >= 4 is 22.3 Å². The van der Waals surface area contributed by atoms with Crippen molar-refractivity contribution in [2.24, 2.45) is 0 Å². The summed E-state index contributed by atoms with van der Waals surface area (Å²) < 4.78 is 11.8. The smallest absolute Gasteiger partial charge is 0.310 e. The molecule has 136 valence electrons. The Morgan fingerprint density at radius 2 is 2.08 bits per heavy atom. The van der Waals surface area contributed by atoms with Crippen LogP contribution in [0.1, 0.15) is 23.2 Å². The SMILES string of the molecule is CCOCCc1nn2c(=O)cc(COC(=O)Cc3ccccc3)nc2s1. The van der Waals surface area contributed by atoms with Gasteiger partial charge in [0.05, 0.1) is 18.7 Å². The monoisotopic (exact) mass is 373 g/mol. The molecule has 2 heterocycles. The molecule has 0 amide bonds. The Hall–Kier alpha value is -2.58. The van der Waals surface area contributed by atoms with Gasteiger partial charge in [-0.1, -0.05) is 41.7 Å². The van der Waals surface area contributed by atoms with E-state index < -0.39 is 0 Å². The summed E-state index contributed by atoms with van der Waals surface area (Å²) in [6, 6.07) is 10.7. The molecule has 0 radical (unpaired) electrons. The number of hydrogen-bond donors (Lipinski definition) is 0. The van der Waals surface area contributed by atoms with Gasteiger partial charge in [-0.05, 0) is 12.5 Å². The first-order valence-electron chi connectivity index (χ1n) is 8.31. The zero-order valence-electron chi connectivity index (χ0n) is 14.4. The highest BCUT2D eigenvalue weighted by atomic mass is 32.1. The summed E-state index contributed by atoms with van der Waals surface area (Å²) in [5, 5.41) is 5.03. The molecule has 2 aromatic heterocycles. The molecular formula is C18H19N3O4S. The molecule has 3 rings (SSSR count). The topological polar surface area (TPSA) is 82.8 Å². The van der Waals surface area contributed by atoms with Crippen molar-refractivity contribution in [3.63, 3.8) is 0 Å². The van der Waals surface area contributed by atoms with Crippen molar-refractivity contribution in [1.82, 2.24) is 14.6 Å². The van der Waals surface area contributed by atoms with E-state index in [9.17, 15) is 9.59 Å². The third-order valence-corrected chi connectivity index (χ3v) is 4.54. The van der Waals surface area contributed by atoms with Crippen molar-refractivity contribution in [3.8, 4) is 0 Å². The molecule has 26 heavy (non-hydrogen) atoms. The minimum absolute atomic E-state index is 0.0381.